The van der Waals surface area contributed by atoms with Gasteiger partial charge in [-0.3, -0.25) is 19.7 Å². The number of rotatable bonds is 6. The van der Waals surface area contributed by atoms with Gasteiger partial charge in [-0.05, 0) is 48.6 Å². The fraction of sp³-hybridized carbons (Fsp3) is 0.333. The van der Waals surface area contributed by atoms with Gasteiger partial charge in [-0.2, -0.15) is 0 Å². The van der Waals surface area contributed by atoms with Crippen LogP contribution in [0, 0.1) is 11.7 Å². The maximum absolute atomic E-state index is 13.0. The number of halogens is 1. The zero-order valence-corrected chi connectivity index (χ0v) is 17.5. The van der Waals surface area contributed by atoms with Crippen LogP contribution in [0.3, 0.4) is 0 Å². The summed E-state index contributed by atoms with van der Waals surface area (Å²) in [6.45, 7) is 0.451. The number of benzene rings is 1. The van der Waals surface area contributed by atoms with E-state index >= 15 is 0 Å². The molecule has 4 amide bonds. The molecule has 1 aromatic heterocycles. The Labute approximate surface area is 182 Å². The van der Waals surface area contributed by atoms with Crippen molar-refractivity contribution in [2.75, 3.05) is 19.7 Å². The van der Waals surface area contributed by atoms with E-state index in [0.717, 1.165) is 4.88 Å². The summed E-state index contributed by atoms with van der Waals surface area (Å²) in [7, 11) is 0. The molecule has 2 N–H and O–H groups in total. The highest BCUT2D eigenvalue weighted by atomic mass is 32.1. The average molecular weight is 447 g/mol. The molecule has 0 bridgehead atoms. The Morgan fingerprint density at radius 2 is 1.81 bits per heavy atom. The molecule has 1 aliphatic heterocycles. The van der Waals surface area contributed by atoms with E-state index < -0.39 is 36.2 Å². The molecule has 3 rings (SSSR count). The fourth-order valence-corrected chi connectivity index (χ4v) is 3.78. The largest absolute Gasteiger partial charge is 0.455 e. The van der Waals surface area contributed by atoms with E-state index in [1.807, 2.05) is 17.5 Å². The molecule has 0 aliphatic carbocycles. The molecule has 31 heavy (non-hydrogen) atoms. The van der Waals surface area contributed by atoms with Crippen LogP contribution in [0.2, 0.25) is 0 Å². The van der Waals surface area contributed by atoms with Gasteiger partial charge in [0.25, 0.3) is 11.8 Å². The molecule has 164 valence electrons. The van der Waals surface area contributed by atoms with Gasteiger partial charge in [0.2, 0.25) is 0 Å². The Morgan fingerprint density at radius 3 is 2.45 bits per heavy atom. The normalized spacial score (nSPS) is 14.0. The minimum atomic E-state index is -0.721. The lowest BCUT2D eigenvalue weighted by Crippen LogP contribution is -2.42. The van der Waals surface area contributed by atoms with Crippen LogP contribution >= 0.6 is 11.3 Å². The first-order valence-corrected chi connectivity index (χ1v) is 10.6. The summed E-state index contributed by atoms with van der Waals surface area (Å²) in [5.74, 6) is -2.33. The zero-order valence-electron chi connectivity index (χ0n) is 16.6. The number of hydrogen-bond donors (Lipinski definition) is 2. The van der Waals surface area contributed by atoms with Crippen LogP contribution in [0.4, 0.5) is 9.18 Å². The molecule has 1 fully saturated rings. The number of nitrogens with one attached hydrogen (secondary N) is 2. The van der Waals surface area contributed by atoms with Crippen molar-refractivity contribution in [2.24, 2.45) is 5.92 Å². The van der Waals surface area contributed by atoms with Crippen molar-refractivity contribution in [3.05, 3.63) is 58.0 Å². The van der Waals surface area contributed by atoms with Gasteiger partial charge in [-0.15, -0.1) is 11.3 Å². The number of piperidine rings is 1. The monoisotopic (exact) mass is 447 g/mol. The van der Waals surface area contributed by atoms with Gasteiger partial charge in [0, 0.05) is 23.5 Å². The van der Waals surface area contributed by atoms with Crippen LogP contribution in [-0.4, -0.2) is 48.4 Å². The molecule has 0 radical (unpaired) electrons. The fourth-order valence-electron chi connectivity index (χ4n) is 3.14. The second kappa shape index (κ2) is 10.7. The second-order valence-electron chi connectivity index (χ2n) is 6.99. The van der Waals surface area contributed by atoms with Gasteiger partial charge in [-0.1, -0.05) is 6.07 Å². The van der Waals surface area contributed by atoms with Crippen LogP contribution in [0.5, 0.6) is 0 Å². The molecule has 1 aliphatic rings. The lowest BCUT2D eigenvalue weighted by atomic mass is 9.96. The van der Waals surface area contributed by atoms with Crippen molar-refractivity contribution in [2.45, 2.75) is 19.4 Å². The maximum atomic E-state index is 13.0. The molecular formula is C21H22FN3O5S. The number of esters is 1. The first-order chi connectivity index (χ1) is 14.9. The van der Waals surface area contributed by atoms with E-state index in [1.54, 1.807) is 4.90 Å². The van der Waals surface area contributed by atoms with Crippen molar-refractivity contribution in [1.29, 1.82) is 0 Å². The molecule has 1 aromatic carbocycles. The topological polar surface area (TPSA) is 105 Å². The summed E-state index contributed by atoms with van der Waals surface area (Å²) >= 11 is 1.48. The lowest BCUT2D eigenvalue weighted by molar-refractivity contribution is -0.153. The van der Waals surface area contributed by atoms with Crippen LogP contribution in [0.1, 0.15) is 28.1 Å². The Kier molecular flexibility index (Phi) is 7.71. The van der Waals surface area contributed by atoms with Crippen molar-refractivity contribution >= 4 is 35.2 Å². The quantitative estimate of drug-likeness (QED) is 0.662. The van der Waals surface area contributed by atoms with E-state index in [2.05, 4.69) is 10.6 Å². The predicted molar refractivity (Wildman–Crippen MR) is 111 cm³/mol. The van der Waals surface area contributed by atoms with E-state index in [1.165, 1.54) is 35.6 Å². The van der Waals surface area contributed by atoms with Gasteiger partial charge in [0.05, 0.1) is 12.5 Å². The minimum absolute atomic E-state index is 0.222. The highest BCUT2D eigenvalue weighted by Gasteiger charge is 2.29. The number of likely N-dealkylation sites (tertiary alicyclic amines) is 1. The minimum Gasteiger partial charge on any atom is -0.455 e. The third kappa shape index (κ3) is 6.61. The van der Waals surface area contributed by atoms with Crippen LogP contribution in [0.25, 0.3) is 0 Å². The molecule has 8 nitrogen and oxygen atoms in total. The van der Waals surface area contributed by atoms with Gasteiger partial charge < -0.3 is 15.0 Å². The van der Waals surface area contributed by atoms with Crippen LogP contribution in [-0.2, 0) is 20.9 Å². The molecule has 0 atom stereocenters. The van der Waals surface area contributed by atoms with Gasteiger partial charge in [-0.25, -0.2) is 9.18 Å². The Balaban J connectivity index is 1.35. The first kappa shape index (κ1) is 22.4. The number of urea groups is 1. The SMILES string of the molecule is O=C(COC(=O)C1CCN(C(=O)c2ccc(F)cc2)CC1)NC(=O)NCc1cccs1. The van der Waals surface area contributed by atoms with Crippen molar-refractivity contribution < 1.29 is 28.3 Å². The lowest BCUT2D eigenvalue weighted by Gasteiger charge is -2.31. The number of ether oxygens (including phenoxy) is 1. The van der Waals surface area contributed by atoms with E-state index in [4.69, 9.17) is 4.74 Å². The van der Waals surface area contributed by atoms with Gasteiger partial charge in [0.1, 0.15) is 5.82 Å². The molecule has 1 saturated heterocycles. The number of nitrogens with zero attached hydrogens (tertiary/aromatic N) is 1. The summed E-state index contributed by atoms with van der Waals surface area (Å²) in [6.07, 6.45) is 0.795. The predicted octanol–water partition coefficient (Wildman–Crippen LogP) is 2.31. The molecule has 10 heteroatoms. The smallest absolute Gasteiger partial charge is 0.321 e. The van der Waals surface area contributed by atoms with E-state index in [-0.39, 0.29) is 5.91 Å². The van der Waals surface area contributed by atoms with E-state index in [9.17, 15) is 23.6 Å². The number of thiophene rings is 1. The zero-order chi connectivity index (χ0) is 22.2. The third-order valence-electron chi connectivity index (χ3n) is 4.81. The molecule has 0 saturated carbocycles. The molecule has 2 aromatic rings. The van der Waals surface area contributed by atoms with E-state index in [0.29, 0.717) is 38.0 Å². The summed E-state index contributed by atoms with van der Waals surface area (Å²) in [6, 6.07) is 8.35. The number of hydrogen-bond acceptors (Lipinski definition) is 6. The van der Waals surface area contributed by atoms with Crippen molar-refractivity contribution in [3.63, 3.8) is 0 Å². The van der Waals surface area contributed by atoms with Crippen LogP contribution < -0.4 is 10.6 Å². The number of carbonyl (C=O) groups excluding carboxylic acids is 4. The standard InChI is InChI=1S/C21H22FN3O5S/c22-16-5-3-14(4-6-16)19(27)25-9-7-15(8-10-25)20(28)30-13-18(26)24-21(29)23-12-17-2-1-11-31-17/h1-6,11,15H,7-10,12-13H2,(H2,23,24,26,29). The second-order valence-corrected chi connectivity index (χ2v) is 8.02. The van der Waals surface area contributed by atoms with Crippen LogP contribution in [0.15, 0.2) is 41.8 Å². The maximum Gasteiger partial charge on any atom is 0.321 e. The van der Waals surface area contributed by atoms with Gasteiger partial charge in [0.15, 0.2) is 6.61 Å². The Bertz CT molecular complexity index is 925. The van der Waals surface area contributed by atoms with Gasteiger partial charge >= 0.3 is 12.0 Å². The third-order valence-corrected chi connectivity index (χ3v) is 5.68. The molecular weight excluding hydrogens is 425 g/mol. The highest BCUT2D eigenvalue weighted by Crippen LogP contribution is 2.20. The highest BCUT2D eigenvalue weighted by molar-refractivity contribution is 7.09. The number of amides is 4. The Hall–Kier alpha value is -3.27. The summed E-state index contributed by atoms with van der Waals surface area (Å²) in [5.41, 5.74) is 0.386. The first-order valence-electron chi connectivity index (χ1n) is 9.74. The number of carbonyl (C=O) groups is 4. The summed E-state index contributed by atoms with van der Waals surface area (Å²) in [5, 5.41) is 6.52. The molecule has 0 spiro atoms. The Morgan fingerprint density at radius 1 is 1.10 bits per heavy atom. The summed E-state index contributed by atoms with van der Waals surface area (Å²) < 4.78 is 18.0. The van der Waals surface area contributed by atoms with Crippen molar-refractivity contribution in [1.82, 2.24) is 15.5 Å². The molecule has 2 heterocycles. The average Bonchev–Trinajstić information content (AvgIpc) is 3.30. The summed E-state index contributed by atoms with van der Waals surface area (Å²) in [4.78, 5) is 50.7. The number of imide groups is 1. The van der Waals surface area contributed by atoms with Crippen molar-refractivity contribution in [3.8, 4) is 0 Å². The molecule has 0 unspecified atom stereocenters.